The number of hydrogen-bond donors (Lipinski definition) is 4. The number of nitrogens with one attached hydrogen (secondary N) is 4. The molecule has 6 rings (SSSR count). The summed E-state index contributed by atoms with van der Waals surface area (Å²) in [5.74, 6) is 0.360. The van der Waals surface area contributed by atoms with Crippen LogP contribution in [0, 0.1) is 0 Å². The Morgan fingerprint density at radius 3 is 2.51 bits per heavy atom. The average Bonchev–Trinajstić information content (AvgIpc) is 3.55. The van der Waals surface area contributed by atoms with Crippen LogP contribution in [-0.4, -0.2) is 64.8 Å². The maximum Gasteiger partial charge on any atom is 0.256 e. The number of para-hydroxylation sites is 1. The van der Waals surface area contributed by atoms with Crippen molar-refractivity contribution < 1.29 is 4.79 Å². The molecule has 2 aliphatic rings. The Balaban J connectivity index is 1.16. The number of hydrogen-bond acceptors (Lipinski definition) is 5. The van der Waals surface area contributed by atoms with Gasteiger partial charge in [0, 0.05) is 40.3 Å². The smallest absolute Gasteiger partial charge is 0.256 e. The normalized spacial score (nSPS) is 17.8. The lowest BCUT2D eigenvalue weighted by molar-refractivity contribution is 0.102. The molecule has 1 amide bonds. The summed E-state index contributed by atoms with van der Waals surface area (Å²) in [6.07, 6.45) is 4.45. The van der Waals surface area contributed by atoms with Crippen molar-refractivity contribution >= 4 is 28.3 Å². The minimum absolute atomic E-state index is 0.164. The third kappa shape index (κ3) is 5.12. The molecule has 192 valence electrons. The highest BCUT2D eigenvalue weighted by atomic mass is 16.1. The number of nitrogens with zero attached hydrogens (tertiary/aromatic N) is 3. The van der Waals surface area contributed by atoms with Gasteiger partial charge in [0.15, 0.2) is 5.82 Å². The molecule has 2 aromatic heterocycles. The van der Waals surface area contributed by atoms with Gasteiger partial charge in [-0.15, -0.1) is 0 Å². The Morgan fingerprint density at radius 2 is 1.73 bits per heavy atom. The van der Waals surface area contributed by atoms with Crippen molar-refractivity contribution in [1.82, 2.24) is 25.0 Å². The number of piperidine rings is 2. The quantitative estimate of drug-likeness (QED) is 0.310. The molecule has 2 aromatic carbocycles. The van der Waals surface area contributed by atoms with Crippen LogP contribution in [0.25, 0.3) is 22.3 Å². The molecule has 0 unspecified atom stereocenters. The maximum atomic E-state index is 12.9. The van der Waals surface area contributed by atoms with E-state index in [9.17, 15) is 4.79 Å². The van der Waals surface area contributed by atoms with E-state index in [2.05, 4.69) is 73.0 Å². The van der Waals surface area contributed by atoms with Crippen LogP contribution in [0.2, 0.25) is 0 Å². The van der Waals surface area contributed by atoms with Crippen LogP contribution in [0.4, 0.5) is 11.5 Å². The minimum atomic E-state index is -0.164. The summed E-state index contributed by atoms with van der Waals surface area (Å²) >= 11 is 0. The highest BCUT2D eigenvalue weighted by Crippen LogP contribution is 2.34. The predicted octanol–water partition coefficient (Wildman–Crippen LogP) is 4.71. The summed E-state index contributed by atoms with van der Waals surface area (Å²) in [7, 11) is 2.17. The molecule has 0 saturated carbocycles. The van der Waals surface area contributed by atoms with E-state index in [1.807, 2.05) is 30.3 Å². The molecule has 0 bridgehead atoms. The number of likely N-dealkylation sites (tertiary alicyclic amines) is 1. The molecule has 8 heteroatoms. The molecule has 37 heavy (non-hydrogen) atoms. The van der Waals surface area contributed by atoms with Gasteiger partial charge in [-0.05, 0) is 95.3 Å². The van der Waals surface area contributed by atoms with Gasteiger partial charge in [0.1, 0.15) is 0 Å². The van der Waals surface area contributed by atoms with Gasteiger partial charge < -0.3 is 25.4 Å². The second-order valence-corrected chi connectivity index (χ2v) is 10.4. The molecule has 2 aliphatic heterocycles. The molecule has 0 aliphatic carbocycles. The van der Waals surface area contributed by atoms with Crippen molar-refractivity contribution in [3.8, 4) is 11.4 Å². The zero-order chi connectivity index (χ0) is 25.2. The van der Waals surface area contributed by atoms with Gasteiger partial charge in [0.2, 0.25) is 0 Å². The molecular weight excluding hydrogens is 462 g/mol. The van der Waals surface area contributed by atoms with Crippen molar-refractivity contribution in [2.45, 2.75) is 37.8 Å². The molecule has 4 aromatic rings. The van der Waals surface area contributed by atoms with Crippen molar-refractivity contribution in [2.75, 3.05) is 43.9 Å². The van der Waals surface area contributed by atoms with Gasteiger partial charge in [-0.25, -0.2) is 0 Å². The van der Waals surface area contributed by atoms with Gasteiger partial charge in [-0.1, -0.05) is 18.2 Å². The van der Waals surface area contributed by atoms with Gasteiger partial charge in [0.05, 0.1) is 11.4 Å². The van der Waals surface area contributed by atoms with E-state index in [0.29, 0.717) is 23.5 Å². The van der Waals surface area contributed by atoms with Crippen LogP contribution in [-0.2, 0) is 0 Å². The topological polar surface area (TPSA) is 90.0 Å². The third-order valence-electron chi connectivity index (χ3n) is 7.75. The van der Waals surface area contributed by atoms with Gasteiger partial charge in [0.25, 0.3) is 5.91 Å². The highest BCUT2D eigenvalue weighted by Gasteiger charge is 2.22. The number of benzene rings is 2. The Morgan fingerprint density at radius 1 is 0.973 bits per heavy atom. The predicted molar refractivity (Wildman–Crippen MR) is 149 cm³/mol. The monoisotopic (exact) mass is 497 g/mol. The first kappa shape index (κ1) is 23.8. The fourth-order valence-electron chi connectivity index (χ4n) is 5.65. The number of carbonyl (C=O) groups is 1. The highest BCUT2D eigenvalue weighted by molar-refractivity contribution is 6.04. The molecule has 2 fully saturated rings. The van der Waals surface area contributed by atoms with E-state index in [0.717, 1.165) is 68.9 Å². The lowest BCUT2D eigenvalue weighted by Gasteiger charge is -2.30. The van der Waals surface area contributed by atoms with E-state index in [1.165, 1.54) is 10.9 Å². The van der Waals surface area contributed by atoms with Crippen molar-refractivity contribution in [1.29, 1.82) is 0 Å². The molecule has 0 radical (unpaired) electrons. The first-order valence-corrected chi connectivity index (χ1v) is 13.4. The number of amides is 1. The Labute approximate surface area is 217 Å². The van der Waals surface area contributed by atoms with E-state index >= 15 is 0 Å². The van der Waals surface area contributed by atoms with E-state index in [1.54, 1.807) is 0 Å². The van der Waals surface area contributed by atoms with Gasteiger partial charge in [-0.2, -0.15) is 5.10 Å². The molecule has 8 nitrogen and oxygen atoms in total. The number of rotatable bonds is 6. The number of aromatic nitrogens is 3. The first-order valence-electron chi connectivity index (χ1n) is 13.4. The summed E-state index contributed by atoms with van der Waals surface area (Å²) in [6, 6.07) is 21.3. The molecule has 4 heterocycles. The van der Waals surface area contributed by atoms with E-state index in [-0.39, 0.29) is 5.91 Å². The van der Waals surface area contributed by atoms with Crippen LogP contribution < -0.4 is 16.0 Å². The minimum Gasteiger partial charge on any atom is -0.382 e. The van der Waals surface area contributed by atoms with Crippen LogP contribution in [0.5, 0.6) is 0 Å². The van der Waals surface area contributed by atoms with Gasteiger partial charge in [-0.3, -0.25) is 9.89 Å². The Bertz CT molecular complexity index is 1360. The number of fused-ring (bicyclic) bond motifs is 1. The average molecular weight is 498 g/mol. The molecule has 0 spiro atoms. The SMILES string of the molecule is CN1CCC(Nc2ccc(C(=O)Nc3cc(-c4cc5ccccc5n4C4CCNCC4)[nH]n3)cc2)CC1. The Kier molecular flexibility index (Phi) is 6.68. The number of carbonyl (C=O) groups excluding carboxylic acids is 1. The van der Waals surface area contributed by atoms with Crippen molar-refractivity contribution in [3.05, 3.63) is 66.2 Å². The molecule has 2 saturated heterocycles. The van der Waals surface area contributed by atoms with E-state index in [4.69, 9.17) is 0 Å². The summed E-state index contributed by atoms with van der Waals surface area (Å²) in [6.45, 7) is 4.27. The molecule has 0 atom stereocenters. The van der Waals surface area contributed by atoms with Crippen LogP contribution in [0.3, 0.4) is 0 Å². The number of anilines is 2. The maximum absolute atomic E-state index is 12.9. The van der Waals surface area contributed by atoms with Crippen LogP contribution in [0.15, 0.2) is 60.7 Å². The van der Waals surface area contributed by atoms with E-state index < -0.39 is 0 Å². The van der Waals surface area contributed by atoms with Crippen molar-refractivity contribution in [3.63, 3.8) is 0 Å². The second kappa shape index (κ2) is 10.4. The lowest BCUT2D eigenvalue weighted by Crippen LogP contribution is -2.36. The van der Waals surface area contributed by atoms with Crippen LogP contribution in [0.1, 0.15) is 42.1 Å². The number of H-pyrrole nitrogens is 1. The van der Waals surface area contributed by atoms with Crippen LogP contribution >= 0.6 is 0 Å². The zero-order valence-corrected chi connectivity index (χ0v) is 21.3. The molecule has 4 N–H and O–H groups in total. The standard InChI is InChI=1S/C29H35N7O/c1-35-16-12-23(13-17-35)31-22-8-6-20(7-9-22)29(37)32-28-19-25(33-34-28)27-18-21-4-2-3-5-26(21)36(27)24-10-14-30-15-11-24/h2-9,18-19,23-24,30-31H,10-17H2,1H3,(H2,32,33,34,37). The van der Waals surface area contributed by atoms with Crippen molar-refractivity contribution in [2.24, 2.45) is 0 Å². The lowest BCUT2D eigenvalue weighted by atomic mass is 10.0. The zero-order valence-electron chi connectivity index (χ0n) is 21.3. The molecular formula is C29H35N7O. The largest absolute Gasteiger partial charge is 0.382 e. The summed E-state index contributed by atoms with van der Waals surface area (Å²) in [5.41, 5.74) is 4.91. The second-order valence-electron chi connectivity index (χ2n) is 10.4. The first-order chi connectivity index (χ1) is 18.1. The summed E-state index contributed by atoms with van der Waals surface area (Å²) in [5, 5.41) is 18.8. The fourth-order valence-corrected chi connectivity index (χ4v) is 5.65. The summed E-state index contributed by atoms with van der Waals surface area (Å²) in [4.78, 5) is 15.3. The Hall–Kier alpha value is -3.62. The summed E-state index contributed by atoms with van der Waals surface area (Å²) < 4.78 is 2.44. The third-order valence-corrected chi connectivity index (χ3v) is 7.75. The van der Waals surface area contributed by atoms with Gasteiger partial charge >= 0.3 is 0 Å². The fraction of sp³-hybridized carbons (Fsp3) is 0.379. The number of aromatic amines is 1.